The number of methoxy groups -OCH3 is 1. The van der Waals surface area contributed by atoms with Crippen LogP contribution in [0.3, 0.4) is 0 Å². The van der Waals surface area contributed by atoms with E-state index in [0.29, 0.717) is 19.1 Å². The maximum Gasteiger partial charge on any atom is 0.312 e. The molecule has 7 rings (SSSR count). The number of rotatable bonds is 5. The molecule has 0 aromatic heterocycles. The summed E-state index contributed by atoms with van der Waals surface area (Å²) in [5.41, 5.74) is -0.293. The summed E-state index contributed by atoms with van der Waals surface area (Å²) in [5.74, 6) is -8.28. The number of anilines is 1. The summed E-state index contributed by atoms with van der Waals surface area (Å²) >= 11 is 0. The van der Waals surface area contributed by atoms with Crippen molar-refractivity contribution in [3.05, 3.63) is 52.8 Å². The Labute approximate surface area is 368 Å². The van der Waals surface area contributed by atoms with Crippen LogP contribution in [0.2, 0.25) is 0 Å². The molecule has 2 aromatic carbocycles. The van der Waals surface area contributed by atoms with Gasteiger partial charge in [0.15, 0.2) is 5.75 Å². The zero-order chi connectivity index (χ0) is 46.1. The van der Waals surface area contributed by atoms with Gasteiger partial charge < -0.3 is 49.8 Å². The van der Waals surface area contributed by atoms with Crippen LogP contribution < -0.4 is 10.1 Å². The summed E-state index contributed by atoms with van der Waals surface area (Å²) < 4.78 is 23.7. The van der Waals surface area contributed by atoms with Gasteiger partial charge in [0.05, 0.1) is 53.0 Å². The van der Waals surface area contributed by atoms with E-state index in [-0.39, 0.29) is 44.5 Å². The van der Waals surface area contributed by atoms with Crippen LogP contribution >= 0.6 is 0 Å². The molecular weight excluding hydrogens is 813 g/mol. The third kappa shape index (κ3) is 9.40. The molecule has 0 spiro atoms. The number of aromatic hydroxyl groups is 3. The number of ether oxygens (including phenoxy) is 4. The van der Waals surface area contributed by atoms with Crippen LogP contribution in [0.25, 0.3) is 10.8 Å². The number of phenolic OH excluding ortho intramolecular Hbond substituents is 3. The Morgan fingerprint density at radius 1 is 0.921 bits per heavy atom. The fourth-order valence-electron chi connectivity index (χ4n) is 9.47. The number of fused-ring (bicyclic) bond motifs is 14. The fraction of sp³-hybridized carbons (Fsp3) is 0.574. The first-order valence-electron chi connectivity index (χ1n) is 21.9. The van der Waals surface area contributed by atoms with Crippen molar-refractivity contribution in [1.82, 2.24) is 9.91 Å². The molecule has 0 radical (unpaired) electrons. The number of phenols is 3. The second-order valence-electron chi connectivity index (χ2n) is 17.8. The maximum absolute atomic E-state index is 14.5. The number of nitrogens with one attached hydrogen (secondary N) is 1. The quantitative estimate of drug-likeness (QED) is 0.0926. The number of aliphatic hydroxyl groups excluding tert-OH is 2. The van der Waals surface area contributed by atoms with E-state index in [9.17, 15) is 39.9 Å². The lowest BCUT2D eigenvalue weighted by molar-refractivity contribution is -0.160. The van der Waals surface area contributed by atoms with E-state index in [4.69, 9.17) is 18.9 Å². The molecule has 5 bridgehead atoms. The van der Waals surface area contributed by atoms with Crippen LogP contribution in [-0.2, 0) is 23.8 Å². The molecule has 9 atom stereocenters. The highest BCUT2D eigenvalue weighted by atomic mass is 16.7. The Balaban J connectivity index is 1.47. The molecule has 63 heavy (non-hydrogen) atoms. The molecule has 1 saturated heterocycles. The van der Waals surface area contributed by atoms with Gasteiger partial charge in [0.1, 0.15) is 23.4 Å². The number of hydrogen-bond donors (Lipinski definition) is 6. The minimum absolute atomic E-state index is 0.0631. The minimum Gasteiger partial charge on any atom is -0.507 e. The van der Waals surface area contributed by atoms with E-state index in [1.807, 2.05) is 5.01 Å². The summed E-state index contributed by atoms with van der Waals surface area (Å²) in [6, 6.07) is 0.553. The number of nitrogens with zero attached hydrogens (tertiary/aromatic N) is 3. The highest BCUT2D eigenvalue weighted by molar-refractivity contribution is 6.23. The first-order chi connectivity index (χ1) is 29.8. The minimum atomic E-state index is -2.04. The number of benzene rings is 2. The summed E-state index contributed by atoms with van der Waals surface area (Å²) in [5, 5.41) is 67.6. The number of hydrogen-bond acceptors (Lipinski definition) is 15. The zero-order valence-corrected chi connectivity index (χ0v) is 37.8. The van der Waals surface area contributed by atoms with E-state index in [0.717, 1.165) is 13.1 Å². The Hall–Kier alpha value is -5.16. The Bertz CT molecular complexity index is 2190. The highest BCUT2D eigenvalue weighted by Crippen LogP contribution is 2.55. The van der Waals surface area contributed by atoms with Crippen LogP contribution in [0.5, 0.6) is 23.0 Å². The highest BCUT2D eigenvalue weighted by Gasteiger charge is 2.50. The number of aliphatic hydroxyl groups is 2. The normalized spacial score (nSPS) is 32.4. The van der Waals surface area contributed by atoms with Crippen molar-refractivity contribution >= 4 is 40.3 Å². The van der Waals surface area contributed by atoms with Crippen molar-refractivity contribution < 1.29 is 58.9 Å². The first-order valence-corrected chi connectivity index (χ1v) is 21.9. The van der Waals surface area contributed by atoms with Crippen LogP contribution in [0.4, 0.5) is 5.69 Å². The van der Waals surface area contributed by atoms with E-state index >= 15 is 0 Å². The third-order valence-electron chi connectivity index (χ3n) is 13.5. The molecule has 4 heterocycles. The first kappa shape index (κ1) is 47.3. The molecule has 1 saturated carbocycles. The van der Waals surface area contributed by atoms with Crippen molar-refractivity contribution in [2.45, 2.75) is 117 Å². The van der Waals surface area contributed by atoms with Gasteiger partial charge in [-0.25, -0.2) is 0 Å². The molecule has 5 aliphatic rings. The van der Waals surface area contributed by atoms with E-state index in [2.05, 4.69) is 15.3 Å². The molecule has 1 aliphatic carbocycles. The molecule has 16 heteroatoms. The van der Waals surface area contributed by atoms with Crippen molar-refractivity contribution in [1.29, 1.82) is 0 Å². The predicted octanol–water partition coefficient (Wildman–Crippen LogP) is 5.65. The molecule has 2 fully saturated rings. The zero-order valence-electron chi connectivity index (χ0n) is 37.8. The summed E-state index contributed by atoms with van der Waals surface area (Å²) in [6.07, 6.45) is 9.75. The second-order valence-corrected chi connectivity index (χ2v) is 17.8. The Kier molecular flexibility index (Phi) is 14.5. The molecule has 0 unspecified atom stereocenters. The number of esters is 1. The van der Waals surface area contributed by atoms with Gasteiger partial charge in [-0.1, -0.05) is 58.8 Å². The van der Waals surface area contributed by atoms with Gasteiger partial charge in [-0.15, -0.1) is 0 Å². The van der Waals surface area contributed by atoms with Crippen molar-refractivity contribution in [2.75, 3.05) is 38.6 Å². The molecule has 4 aliphatic heterocycles. The molecule has 16 nitrogen and oxygen atoms in total. The lowest BCUT2D eigenvalue weighted by atomic mass is 9.78. The lowest BCUT2D eigenvalue weighted by Crippen LogP contribution is -2.47. The predicted molar refractivity (Wildman–Crippen MR) is 237 cm³/mol. The van der Waals surface area contributed by atoms with Gasteiger partial charge in [-0.2, -0.15) is 5.10 Å². The maximum atomic E-state index is 14.5. The van der Waals surface area contributed by atoms with E-state index in [1.54, 1.807) is 39.8 Å². The monoisotopic (exact) mass is 876 g/mol. The third-order valence-corrected chi connectivity index (χ3v) is 13.5. The van der Waals surface area contributed by atoms with E-state index < -0.39 is 88.8 Å². The average Bonchev–Trinajstić information content (AvgIpc) is 3.89. The number of Topliss-reactive ketones (excluding diaryl/α,β-unsaturated/α-hetero) is 1. The summed E-state index contributed by atoms with van der Waals surface area (Å²) in [7, 11) is 1.44. The summed E-state index contributed by atoms with van der Waals surface area (Å²) in [6.45, 7) is 15.4. The smallest absolute Gasteiger partial charge is 0.312 e. The van der Waals surface area contributed by atoms with Crippen LogP contribution in [0.1, 0.15) is 95.6 Å². The number of carbonyl (C=O) groups excluding carboxylic acids is 3. The number of allylic oxidation sites excluding steroid dienone is 2. The van der Waals surface area contributed by atoms with Crippen LogP contribution in [0.15, 0.2) is 41.2 Å². The van der Waals surface area contributed by atoms with Crippen molar-refractivity contribution in [3.8, 4) is 23.0 Å². The topological polar surface area (TPSA) is 220 Å². The number of piperazine rings is 1. The Morgan fingerprint density at radius 2 is 1.59 bits per heavy atom. The lowest BCUT2D eigenvalue weighted by Gasteiger charge is -2.38. The van der Waals surface area contributed by atoms with Gasteiger partial charge >= 0.3 is 11.8 Å². The van der Waals surface area contributed by atoms with Gasteiger partial charge in [0, 0.05) is 93.4 Å². The van der Waals surface area contributed by atoms with E-state index in [1.165, 1.54) is 85.1 Å². The number of ketones is 1. The molecule has 2 aromatic rings. The molecule has 344 valence electrons. The Morgan fingerprint density at radius 3 is 2.22 bits per heavy atom. The SMILES string of the molecule is CO[C@@H]1/C=C/O[C@@]2(C)Oc3c(C)c(O)c4c(O)c(c(/C=N/N5CCN(C6CCCC6)CC5)c(O)c4c3C2=O)NC(=O)/C(C)=C\C=C\[C@H](C)[C@H](O)[C@@H](C)[C@@H](O)[C@@H](C)[C@H](OC(C)=O)[C@@H]1C. The van der Waals surface area contributed by atoms with Gasteiger partial charge in [-0.3, -0.25) is 24.3 Å². The van der Waals surface area contributed by atoms with Crippen LogP contribution in [0, 0.1) is 30.6 Å². The standard InChI is InChI=1S/C47H64N4O12/c1-24-13-12-14-25(2)46(59)49-37-32(23-48-51-20-18-50(19-21-51)31-15-10-11-16-31)41(56)34-35(42(37)57)40(55)29(6)44-36(34)45(58)47(8,63-44)61-22-17-33(60-9)26(3)43(62-30(7)52)28(5)39(54)27(4)38(24)53/h12-14,17,22-24,26-28,31,33,38-39,43,53-57H,10-11,15-16,18-21H2,1-9H3,(H,49,59)/b13-12+,22-17+,25-14-,48-23+/t24-,26+,27+,28+,33+,38-,39+,43+,47-/m0/s1. The van der Waals surface area contributed by atoms with Crippen molar-refractivity contribution in [3.63, 3.8) is 0 Å². The van der Waals surface area contributed by atoms with Crippen molar-refractivity contribution in [2.24, 2.45) is 28.8 Å². The average molecular weight is 877 g/mol. The number of carbonyl (C=O) groups is 3. The second kappa shape index (κ2) is 19.3. The fourth-order valence-corrected chi connectivity index (χ4v) is 9.47. The van der Waals surface area contributed by atoms with Crippen LogP contribution in [-0.4, -0.2) is 129 Å². The largest absolute Gasteiger partial charge is 0.507 e. The number of hydrazone groups is 1. The molecular formula is C47H64N4O12. The van der Waals surface area contributed by atoms with Gasteiger partial charge in [0.2, 0.25) is 0 Å². The van der Waals surface area contributed by atoms with Gasteiger partial charge in [-0.05, 0) is 32.8 Å². The number of amides is 1. The molecule has 6 N–H and O–H groups in total. The summed E-state index contributed by atoms with van der Waals surface area (Å²) in [4.78, 5) is 43.2. The molecule has 1 amide bonds. The van der Waals surface area contributed by atoms with Gasteiger partial charge in [0.25, 0.3) is 11.7 Å².